The molecule has 116 valence electrons. The number of nitrogens with zero attached hydrogens (tertiary/aromatic N) is 2. The second kappa shape index (κ2) is 5.99. The lowest BCUT2D eigenvalue weighted by Crippen LogP contribution is -2.30. The van der Waals surface area contributed by atoms with E-state index in [9.17, 15) is 8.42 Å². The molecule has 3 rings (SSSR count). The first-order chi connectivity index (χ1) is 10.5. The summed E-state index contributed by atoms with van der Waals surface area (Å²) in [5.74, 6) is 0. The van der Waals surface area contributed by atoms with E-state index in [1.165, 1.54) is 0 Å². The average molecular weight is 337 g/mol. The third-order valence-corrected chi connectivity index (χ3v) is 6.11. The van der Waals surface area contributed by atoms with Gasteiger partial charge in [-0.1, -0.05) is 35.4 Å². The highest BCUT2D eigenvalue weighted by molar-refractivity contribution is 7.89. The third-order valence-electron chi connectivity index (χ3n) is 3.97. The summed E-state index contributed by atoms with van der Waals surface area (Å²) in [6.45, 7) is 2.47. The molecule has 0 aliphatic carbocycles. The summed E-state index contributed by atoms with van der Waals surface area (Å²) < 4.78 is 27.3. The molecule has 1 atom stereocenters. The van der Waals surface area contributed by atoms with Crippen LogP contribution in [0.1, 0.15) is 30.0 Å². The van der Waals surface area contributed by atoms with Gasteiger partial charge in [0.1, 0.15) is 5.15 Å². The minimum absolute atomic E-state index is 0.170. The van der Waals surface area contributed by atoms with E-state index in [4.69, 9.17) is 11.6 Å². The number of halogens is 1. The Morgan fingerprint density at radius 2 is 1.91 bits per heavy atom. The van der Waals surface area contributed by atoms with Crippen LogP contribution in [0.5, 0.6) is 0 Å². The second-order valence-electron chi connectivity index (χ2n) is 5.50. The molecule has 1 unspecified atom stereocenters. The number of benzene rings is 1. The predicted octanol–water partition coefficient (Wildman–Crippen LogP) is 3.57. The molecule has 2 heterocycles. The highest BCUT2D eigenvalue weighted by Crippen LogP contribution is 2.36. The maximum atomic E-state index is 12.9. The zero-order valence-corrected chi connectivity index (χ0v) is 13.8. The molecule has 0 radical (unpaired) electrons. The lowest BCUT2D eigenvalue weighted by molar-refractivity contribution is 0.396. The number of aryl methyl sites for hydroxylation is 1. The Morgan fingerprint density at radius 3 is 2.55 bits per heavy atom. The van der Waals surface area contributed by atoms with Gasteiger partial charge in [0.2, 0.25) is 10.0 Å². The average Bonchev–Trinajstić information content (AvgIpc) is 2.99. The summed E-state index contributed by atoms with van der Waals surface area (Å²) >= 11 is 5.81. The van der Waals surface area contributed by atoms with Gasteiger partial charge in [0.15, 0.2) is 0 Å². The zero-order chi connectivity index (χ0) is 15.7. The van der Waals surface area contributed by atoms with Gasteiger partial charge in [-0.15, -0.1) is 0 Å². The van der Waals surface area contributed by atoms with E-state index in [1.54, 1.807) is 28.7 Å². The Bertz CT molecular complexity index is 758. The molecule has 1 aliphatic rings. The van der Waals surface area contributed by atoms with E-state index in [0.29, 0.717) is 16.6 Å². The molecule has 1 fully saturated rings. The van der Waals surface area contributed by atoms with E-state index in [-0.39, 0.29) is 6.04 Å². The molecule has 6 heteroatoms. The number of pyridine rings is 1. The largest absolute Gasteiger partial charge is 0.244 e. The summed E-state index contributed by atoms with van der Waals surface area (Å²) in [6.07, 6.45) is 3.31. The van der Waals surface area contributed by atoms with Crippen molar-refractivity contribution in [3.63, 3.8) is 0 Å². The molecule has 1 aliphatic heterocycles. The second-order valence-corrected chi connectivity index (χ2v) is 7.78. The number of sulfonamides is 1. The van der Waals surface area contributed by atoms with E-state index >= 15 is 0 Å². The van der Waals surface area contributed by atoms with Crippen LogP contribution >= 0.6 is 11.6 Å². The first-order valence-electron chi connectivity index (χ1n) is 7.18. The summed E-state index contributed by atoms with van der Waals surface area (Å²) in [4.78, 5) is 4.41. The highest BCUT2D eigenvalue weighted by Gasteiger charge is 2.36. The molecule has 0 saturated carbocycles. The van der Waals surface area contributed by atoms with Crippen LogP contribution in [0, 0.1) is 6.92 Å². The molecule has 0 amide bonds. The SMILES string of the molecule is Cc1ccc(S(=O)(=O)N2CCCC2c2ccc(Cl)nc2)cc1. The lowest BCUT2D eigenvalue weighted by Gasteiger charge is -2.24. The number of hydrogen-bond acceptors (Lipinski definition) is 3. The van der Waals surface area contributed by atoms with E-state index in [0.717, 1.165) is 24.0 Å². The van der Waals surface area contributed by atoms with Gasteiger partial charge >= 0.3 is 0 Å². The molecule has 1 saturated heterocycles. The van der Waals surface area contributed by atoms with Gasteiger partial charge in [-0.05, 0) is 43.5 Å². The summed E-state index contributed by atoms with van der Waals surface area (Å²) in [7, 11) is -3.49. The fourth-order valence-corrected chi connectivity index (χ4v) is 4.59. The van der Waals surface area contributed by atoms with Crippen LogP contribution in [0.4, 0.5) is 0 Å². The van der Waals surface area contributed by atoms with Crippen molar-refractivity contribution in [1.82, 2.24) is 9.29 Å². The van der Waals surface area contributed by atoms with E-state index < -0.39 is 10.0 Å². The smallest absolute Gasteiger partial charge is 0.243 e. The molecule has 1 aromatic carbocycles. The third kappa shape index (κ3) is 2.89. The van der Waals surface area contributed by atoms with Gasteiger partial charge in [0, 0.05) is 12.7 Å². The minimum atomic E-state index is -3.49. The Hall–Kier alpha value is -1.43. The van der Waals surface area contributed by atoms with Crippen LogP contribution in [-0.4, -0.2) is 24.3 Å². The Labute approximate surface area is 135 Å². The Balaban J connectivity index is 1.95. The van der Waals surface area contributed by atoms with Crippen molar-refractivity contribution in [2.75, 3.05) is 6.54 Å². The molecule has 0 spiro atoms. The van der Waals surface area contributed by atoms with Crippen LogP contribution in [-0.2, 0) is 10.0 Å². The van der Waals surface area contributed by atoms with Crippen molar-refractivity contribution in [3.8, 4) is 0 Å². The number of rotatable bonds is 3. The maximum absolute atomic E-state index is 12.9. The van der Waals surface area contributed by atoms with Crippen LogP contribution in [0.25, 0.3) is 0 Å². The summed E-state index contributed by atoms with van der Waals surface area (Å²) in [5.41, 5.74) is 1.93. The van der Waals surface area contributed by atoms with Crippen molar-refractivity contribution >= 4 is 21.6 Å². The first kappa shape index (κ1) is 15.5. The molecular weight excluding hydrogens is 320 g/mol. The van der Waals surface area contributed by atoms with Gasteiger partial charge in [-0.25, -0.2) is 13.4 Å². The standard InChI is InChI=1S/C16H17ClN2O2S/c1-12-4-7-14(8-5-12)22(20,21)19-10-2-3-15(19)13-6-9-16(17)18-11-13/h4-9,11,15H,2-3,10H2,1H3. The van der Waals surface area contributed by atoms with Crippen molar-refractivity contribution < 1.29 is 8.42 Å². The molecule has 2 aromatic rings. The molecule has 0 N–H and O–H groups in total. The molecule has 4 nitrogen and oxygen atoms in total. The van der Waals surface area contributed by atoms with E-state index in [1.807, 2.05) is 25.1 Å². The number of hydrogen-bond donors (Lipinski definition) is 0. The Kier molecular flexibility index (Phi) is 4.21. The first-order valence-corrected chi connectivity index (χ1v) is 9.00. The van der Waals surface area contributed by atoms with Crippen molar-refractivity contribution in [2.24, 2.45) is 0 Å². The van der Waals surface area contributed by atoms with Crippen molar-refractivity contribution in [2.45, 2.75) is 30.7 Å². The zero-order valence-electron chi connectivity index (χ0n) is 12.2. The molecule has 0 bridgehead atoms. The minimum Gasteiger partial charge on any atom is -0.244 e. The Morgan fingerprint density at radius 1 is 1.18 bits per heavy atom. The van der Waals surface area contributed by atoms with Crippen LogP contribution in [0.2, 0.25) is 5.15 Å². The molecule has 1 aromatic heterocycles. The fourth-order valence-electron chi connectivity index (χ4n) is 2.79. The van der Waals surface area contributed by atoms with Gasteiger partial charge in [-0.2, -0.15) is 4.31 Å². The fraction of sp³-hybridized carbons (Fsp3) is 0.312. The van der Waals surface area contributed by atoms with Crippen molar-refractivity contribution in [3.05, 3.63) is 58.9 Å². The predicted molar refractivity (Wildman–Crippen MR) is 86.3 cm³/mol. The maximum Gasteiger partial charge on any atom is 0.243 e. The molecule has 22 heavy (non-hydrogen) atoms. The van der Waals surface area contributed by atoms with Crippen LogP contribution in [0.15, 0.2) is 47.5 Å². The summed E-state index contributed by atoms with van der Waals surface area (Å²) in [5, 5.41) is 0.412. The topological polar surface area (TPSA) is 50.3 Å². The van der Waals surface area contributed by atoms with Crippen molar-refractivity contribution in [1.29, 1.82) is 0 Å². The van der Waals surface area contributed by atoms with E-state index in [2.05, 4.69) is 4.98 Å². The normalized spacial score (nSPS) is 19.5. The van der Waals surface area contributed by atoms with Gasteiger partial charge in [-0.3, -0.25) is 0 Å². The van der Waals surface area contributed by atoms with Gasteiger partial charge in [0.05, 0.1) is 10.9 Å². The van der Waals surface area contributed by atoms with Crippen LogP contribution < -0.4 is 0 Å². The van der Waals surface area contributed by atoms with Gasteiger partial charge in [0.25, 0.3) is 0 Å². The highest BCUT2D eigenvalue weighted by atomic mass is 35.5. The van der Waals surface area contributed by atoms with Gasteiger partial charge < -0.3 is 0 Å². The number of aromatic nitrogens is 1. The lowest BCUT2D eigenvalue weighted by atomic mass is 10.1. The summed E-state index contributed by atoms with van der Waals surface area (Å²) in [6, 6.07) is 10.4. The van der Waals surface area contributed by atoms with Crippen LogP contribution in [0.3, 0.4) is 0 Å². The monoisotopic (exact) mass is 336 g/mol. The molecular formula is C16H17ClN2O2S. The quantitative estimate of drug-likeness (QED) is 0.805.